The SMILES string of the molecule is CSc1sc(-c2ccccc2)c2ncc3c(=O)[nH]c(=O)[nH]c3[n+]12. The number of nitrogens with one attached hydrogen (secondary N) is 2. The van der Waals surface area contributed by atoms with Gasteiger partial charge in [-0.05, 0) is 11.8 Å². The normalized spacial score (nSPS) is 11.3. The molecule has 0 aliphatic heterocycles. The number of H-pyrrole nitrogens is 2. The van der Waals surface area contributed by atoms with Gasteiger partial charge in [-0.1, -0.05) is 53.4 Å². The molecule has 4 aromatic rings. The molecule has 0 bridgehead atoms. The predicted octanol–water partition coefficient (Wildman–Crippen LogP) is 1.80. The predicted molar refractivity (Wildman–Crippen MR) is 91.2 cm³/mol. The van der Waals surface area contributed by atoms with Crippen LogP contribution in [-0.4, -0.2) is 21.2 Å². The summed E-state index contributed by atoms with van der Waals surface area (Å²) in [4.78, 5) is 34.1. The summed E-state index contributed by atoms with van der Waals surface area (Å²) in [5, 5.41) is 0.356. The zero-order valence-electron chi connectivity index (χ0n) is 12.0. The first-order valence-electron chi connectivity index (χ1n) is 6.78. The highest BCUT2D eigenvalue weighted by Gasteiger charge is 2.23. The minimum absolute atomic E-state index is 0.356. The number of rotatable bonds is 2. The van der Waals surface area contributed by atoms with E-state index in [2.05, 4.69) is 15.0 Å². The van der Waals surface area contributed by atoms with Gasteiger partial charge in [-0.2, -0.15) is 4.40 Å². The summed E-state index contributed by atoms with van der Waals surface area (Å²) in [6.07, 6.45) is 3.46. The van der Waals surface area contributed by atoms with Crippen molar-refractivity contribution in [3.05, 3.63) is 57.4 Å². The number of nitrogens with zero attached hydrogens (tertiary/aromatic N) is 2. The smallest absolute Gasteiger partial charge is 0.268 e. The molecule has 3 heterocycles. The molecule has 23 heavy (non-hydrogen) atoms. The van der Waals surface area contributed by atoms with E-state index in [1.807, 2.05) is 41.0 Å². The van der Waals surface area contributed by atoms with E-state index in [0.29, 0.717) is 11.0 Å². The summed E-state index contributed by atoms with van der Waals surface area (Å²) in [5.41, 5.74) is 1.27. The second kappa shape index (κ2) is 5.32. The monoisotopic (exact) mass is 343 g/mol. The Labute approximate surface area is 137 Å². The number of hydrogen-bond donors (Lipinski definition) is 2. The van der Waals surface area contributed by atoms with Gasteiger partial charge in [0.1, 0.15) is 16.5 Å². The molecule has 4 rings (SSSR count). The van der Waals surface area contributed by atoms with Crippen LogP contribution in [0.2, 0.25) is 0 Å². The fourth-order valence-corrected chi connectivity index (χ4v) is 4.37. The molecular formula is C15H11N4O2S2+. The maximum absolute atomic E-state index is 12.0. The maximum atomic E-state index is 12.0. The van der Waals surface area contributed by atoms with Gasteiger partial charge in [0.2, 0.25) is 0 Å². The molecule has 114 valence electrons. The van der Waals surface area contributed by atoms with Gasteiger partial charge in [0.25, 0.3) is 16.9 Å². The van der Waals surface area contributed by atoms with Gasteiger partial charge in [-0.25, -0.2) is 9.78 Å². The second-order valence-corrected chi connectivity index (χ2v) is 6.91. The number of thioether (sulfide) groups is 1. The van der Waals surface area contributed by atoms with Crippen LogP contribution in [0.5, 0.6) is 0 Å². The van der Waals surface area contributed by atoms with Crippen LogP contribution in [0.1, 0.15) is 0 Å². The van der Waals surface area contributed by atoms with Crippen molar-refractivity contribution >= 4 is 39.8 Å². The standard InChI is InChI=1S/C15H10N4O2S2/c1-22-15-19-11-9(13(20)18-14(21)17-11)7-16-12(19)10(23-15)8-5-3-2-4-6-8/h2-7H,1H3,(H-,16,17,18,20,21)/p+1. The lowest BCUT2D eigenvalue weighted by Gasteiger charge is -1.96. The van der Waals surface area contributed by atoms with Crippen molar-refractivity contribution in [2.24, 2.45) is 0 Å². The first-order chi connectivity index (χ1) is 11.2. The van der Waals surface area contributed by atoms with Crippen LogP contribution in [0.4, 0.5) is 0 Å². The Morgan fingerprint density at radius 2 is 1.96 bits per heavy atom. The van der Waals surface area contributed by atoms with E-state index < -0.39 is 11.2 Å². The van der Waals surface area contributed by atoms with E-state index >= 15 is 0 Å². The largest absolute Gasteiger partial charge is 0.384 e. The Bertz CT molecular complexity index is 1150. The summed E-state index contributed by atoms with van der Waals surface area (Å²) in [5.74, 6) is 0. The molecule has 8 heteroatoms. The fourth-order valence-electron chi connectivity index (χ4n) is 2.50. The Balaban J connectivity index is 2.20. The molecule has 0 atom stereocenters. The van der Waals surface area contributed by atoms with Gasteiger partial charge >= 0.3 is 5.69 Å². The number of fused-ring (bicyclic) bond motifs is 3. The highest BCUT2D eigenvalue weighted by Crippen LogP contribution is 2.33. The van der Waals surface area contributed by atoms with E-state index in [1.54, 1.807) is 23.1 Å². The van der Waals surface area contributed by atoms with Gasteiger partial charge < -0.3 is 0 Å². The number of thiazole rings is 1. The lowest BCUT2D eigenvalue weighted by molar-refractivity contribution is -0.522. The first kappa shape index (κ1) is 14.2. The molecule has 0 unspecified atom stereocenters. The zero-order valence-corrected chi connectivity index (χ0v) is 13.6. The molecule has 0 aliphatic rings. The summed E-state index contributed by atoms with van der Waals surface area (Å²) < 4.78 is 2.78. The number of aromatic nitrogens is 4. The Morgan fingerprint density at radius 3 is 2.70 bits per heavy atom. The molecule has 0 radical (unpaired) electrons. The van der Waals surface area contributed by atoms with E-state index in [4.69, 9.17) is 0 Å². The van der Waals surface area contributed by atoms with E-state index in [-0.39, 0.29) is 0 Å². The van der Waals surface area contributed by atoms with Gasteiger partial charge in [-0.15, -0.1) is 4.98 Å². The Morgan fingerprint density at radius 1 is 1.17 bits per heavy atom. The third kappa shape index (κ3) is 2.18. The number of benzene rings is 1. The van der Waals surface area contributed by atoms with Crippen LogP contribution >= 0.6 is 23.1 Å². The molecule has 0 spiro atoms. The van der Waals surface area contributed by atoms with Crippen LogP contribution in [-0.2, 0) is 0 Å². The van der Waals surface area contributed by atoms with Crippen molar-refractivity contribution in [1.82, 2.24) is 15.0 Å². The molecule has 0 amide bonds. The average Bonchev–Trinajstić information content (AvgIpc) is 2.94. The lowest BCUT2D eigenvalue weighted by atomic mass is 10.2. The van der Waals surface area contributed by atoms with Crippen LogP contribution in [0.25, 0.3) is 27.1 Å². The molecule has 2 N–H and O–H groups in total. The highest BCUT2D eigenvalue weighted by molar-refractivity contribution is 8.00. The van der Waals surface area contributed by atoms with Gasteiger partial charge in [0.15, 0.2) is 4.34 Å². The van der Waals surface area contributed by atoms with Crippen molar-refractivity contribution < 1.29 is 4.40 Å². The topological polar surface area (TPSA) is 82.7 Å². The lowest BCUT2D eigenvalue weighted by Crippen LogP contribution is -2.32. The zero-order chi connectivity index (χ0) is 16.0. The molecule has 3 aromatic heterocycles. The average molecular weight is 343 g/mol. The van der Waals surface area contributed by atoms with Crippen LogP contribution in [0, 0.1) is 0 Å². The van der Waals surface area contributed by atoms with Crippen molar-refractivity contribution in [3.63, 3.8) is 0 Å². The number of aromatic amines is 2. The third-order valence-electron chi connectivity index (χ3n) is 3.50. The van der Waals surface area contributed by atoms with Crippen LogP contribution in [0.3, 0.4) is 0 Å². The van der Waals surface area contributed by atoms with Crippen molar-refractivity contribution in [2.75, 3.05) is 6.26 Å². The van der Waals surface area contributed by atoms with Crippen molar-refractivity contribution in [2.45, 2.75) is 4.34 Å². The minimum Gasteiger partial charge on any atom is -0.268 e. The van der Waals surface area contributed by atoms with Crippen molar-refractivity contribution in [1.29, 1.82) is 0 Å². The summed E-state index contributed by atoms with van der Waals surface area (Å²) in [7, 11) is 0. The van der Waals surface area contributed by atoms with Gasteiger partial charge in [-0.3, -0.25) is 9.78 Å². The van der Waals surface area contributed by atoms with Gasteiger partial charge in [0.05, 0.1) is 0 Å². The minimum atomic E-state index is -0.526. The maximum Gasteiger partial charge on any atom is 0.384 e. The second-order valence-electron chi connectivity index (χ2n) is 4.85. The molecular weight excluding hydrogens is 332 g/mol. The molecule has 0 saturated heterocycles. The molecule has 6 nitrogen and oxygen atoms in total. The van der Waals surface area contributed by atoms with Crippen molar-refractivity contribution in [3.8, 4) is 10.4 Å². The van der Waals surface area contributed by atoms with Crippen LogP contribution in [0.15, 0.2) is 50.5 Å². The van der Waals surface area contributed by atoms with Gasteiger partial charge in [0, 0.05) is 0 Å². The summed E-state index contributed by atoms with van der Waals surface area (Å²) >= 11 is 3.13. The molecule has 1 aromatic carbocycles. The van der Waals surface area contributed by atoms with Crippen LogP contribution < -0.4 is 15.6 Å². The van der Waals surface area contributed by atoms with E-state index in [9.17, 15) is 9.59 Å². The highest BCUT2D eigenvalue weighted by atomic mass is 32.2. The Hall–Kier alpha value is -2.45. The first-order valence-corrected chi connectivity index (χ1v) is 8.82. The summed E-state index contributed by atoms with van der Waals surface area (Å²) in [6, 6.07) is 9.93. The van der Waals surface area contributed by atoms with E-state index in [0.717, 1.165) is 20.4 Å². The molecule has 0 aliphatic carbocycles. The fraction of sp³-hybridized carbons (Fsp3) is 0.0667. The van der Waals surface area contributed by atoms with E-state index in [1.165, 1.54) is 6.20 Å². The third-order valence-corrected chi connectivity index (χ3v) is 5.76. The summed E-state index contributed by atoms with van der Waals surface area (Å²) in [6.45, 7) is 0. The Kier molecular flexibility index (Phi) is 3.28. The number of hydrogen-bond acceptors (Lipinski definition) is 5. The quantitative estimate of drug-likeness (QED) is 0.429. The molecule has 0 saturated carbocycles. The molecule has 0 fully saturated rings.